The lowest BCUT2D eigenvalue weighted by Crippen LogP contribution is -2.64. The molecule has 4 heterocycles. The molecule has 2 saturated heterocycles. The third-order valence-corrected chi connectivity index (χ3v) is 11.5. The molecule has 16 heteroatoms. The van der Waals surface area contributed by atoms with Gasteiger partial charge in [-0.2, -0.15) is 13.2 Å². The van der Waals surface area contributed by atoms with Crippen molar-refractivity contribution >= 4 is 34.0 Å². The lowest BCUT2D eigenvalue weighted by Gasteiger charge is -2.45. The summed E-state index contributed by atoms with van der Waals surface area (Å²) in [4.78, 5) is 17.4. The molecule has 2 aromatic heterocycles. The van der Waals surface area contributed by atoms with Gasteiger partial charge in [0.05, 0.1) is 35.3 Å². The number of hydrogen-bond donors (Lipinski definition) is 2. The van der Waals surface area contributed by atoms with Gasteiger partial charge in [0.15, 0.2) is 0 Å². The smallest absolute Gasteiger partial charge is 0.416 e. The highest BCUT2D eigenvalue weighted by Crippen LogP contribution is 2.33. The molecule has 0 amide bonds. The topological polar surface area (TPSA) is 107 Å². The Kier molecular flexibility index (Phi) is 13.8. The molecule has 2 fully saturated rings. The zero-order valence-corrected chi connectivity index (χ0v) is 33.3. The van der Waals surface area contributed by atoms with Crippen LogP contribution in [0.4, 0.5) is 24.5 Å². The van der Waals surface area contributed by atoms with Gasteiger partial charge in [-0.05, 0) is 50.1 Å². The van der Waals surface area contributed by atoms with Gasteiger partial charge in [0, 0.05) is 75.4 Å². The van der Waals surface area contributed by atoms with Crippen molar-refractivity contribution in [2.75, 3.05) is 81.9 Å². The van der Waals surface area contributed by atoms with Crippen LogP contribution in [0.25, 0.3) is 0 Å². The molecule has 11 nitrogen and oxygen atoms in total. The van der Waals surface area contributed by atoms with E-state index in [1.807, 2.05) is 52.6 Å². The normalized spacial score (nSPS) is 18.3. The first-order valence-electron chi connectivity index (χ1n) is 18.7. The van der Waals surface area contributed by atoms with Gasteiger partial charge in [-0.1, -0.05) is 54.7 Å². The minimum absolute atomic E-state index is 0.105. The number of anilines is 2. The summed E-state index contributed by atoms with van der Waals surface area (Å²) in [5.41, 5.74) is 2.41. The largest absolute Gasteiger partial charge is 0.491 e. The van der Waals surface area contributed by atoms with E-state index in [2.05, 4.69) is 39.7 Å². The summed E-state index contributed by atoms with van der Waals surface area (Å²) in [6, 6.07) is 12.7. The SMILES string of the molecule is Cc1csc(OCC(O)C(C(Oc2nc(C)cs2)C(O)CN2CCN(c3ccccc3OCC(C)C)CC2)N2CCN(c3cccc(C(F)(F)F)c3)CC2)n1. The van der Waals surface area contributed by atoms with Crippen LogP contribution in [-0.2, 0) is 6.18 Å². The number of halogens is 3. The number of aliphatic hydroxyl groups is 2. The van der Waals surface area contributed by atoms with Gasteiger partial charge in [0.1, 0.15) is 30.7 Å². The van der Waals surface area contributed by atoms with Crippen LogP contribution in [0.1, 0.15) is 30.8 Å². The summed E-state index contributed by atoms with van der Waals surface area (Å²) >= 11 is 2.65. The Morgan fingerprint density at radius 2 is 1.42 bits per heavy atom. The molecule has 2 N–H and O–H groups in total. The van der Waals surface area contributed by atoms with Crippen molar-refractivity contribution in [2.45, 2.75) is 58.2 Å². The van der Waals surface area contributed by atoms with Crippen LogP contribution in [0, 0.1) is 19.8 Å². The summed E-state index contributed by atoms with van der Waals surface area (Å²) in [6.07, 6.45) is -7.54. The quantitative estimate of drug-likeness (QED) is 0.143. The second-order valence-corrected chi connectivity index (χ2v) is 16.2. The number of aliphatic hydroxyl groups excluding tert-OH is 2. The van der Waals surface area contributed by atoms with E-state index in [9.17, 15) is 23.4 Å². The van der Waals surface area contributed by atoms with Crippen LogP contribution in [0.2, 0.25) is 0 Å². The van der Waals surface area contributed by atoms with Gasteiger partial charge in [-0.3, -0.25) is 9.80 Å². The highest BCUT2D eigenvalue weighted by atomic mass is 32.1. The lowest BCUT2D eigenvalue weighted by atomic mass is 9.96. The summed E-state index contributed by atoms with van der Waals surface area (Å²) in [6.45, 7) is 13.2. The van der Waals surface area contributed by atoms with Crippen LogP contribution in [-0.4, -0.2) is 126 Å². The number of alkyl halides is 3. The Balaban J connectivity index is 1.20. The molecular formula is C39H51F3N6O5S2. The van der Waals surface area contributed by atoms with Crippen molar-refractivity contribution in [3.63, 3.8) is 0 Å². The van der Waals surface area contributed by atoms with E-state index in [4.69, 9.17) is 14.2 Å². The fraction of sp³-hybridized carbons (Fsp3) is 0.538. The molecule has 300 valence electrons. The summed E-state index contributed by atoms with van der Waals surface area (Å²) in [7, 11) is 0. The van der Waals surface area contributed by atoms with Crippen LogP contribution >= 0.6 is 22.7 Å². The highest BCUT2D eigenvalue weighted by molar-refractivity contribution is 7.11. The molecule has 0 saturated carbocycles. The molecule has 55 heavy (non-hydrogen) atoms. The van der Waals surface area contributed by atoms with E-state index in [1.54, 1.807) is 6.07 Å². The molecule has 0 aliphatic carbocycles. The predicted octanol–water partition coefficient (Wildman–Crippen LogP) is 5.83. The lowest BCUT2D eigenvalue weighted by molar-refractivity contribution is -0.137. The molecule has 0 bridgehead atoms. The second-order valence-electron chi connectivity index (χ2n) is 14.6. The maximum atomic E-state index is 13.5. The van der Waals surface area contributed by atoms with Crippen molar-refractivity contribution in [1.29, 1.82) is 0 Å². The number of β-amino-alcohol motifs (C(OH)–C–C–N with tert-alkyl or cyclic N) is 1. The number of benzene rings is 2. The van der Waals surface area contributed by atoms with E-state index >= 15 is 0 Å². The van der Waals surface area contributed by atoms with Crippen LogP contribution in [0.3, 0.4) is 0 Å². The Labute approximate surface area is 328 Å². The third-order valence-electron chi connectivity index (χ3n) is 9.79. The number of rotatable bonds is 16. The van der Waals surface area contributed by atoms with Gasteiger partial charge in [0.25, 0.3) is 10.4 Å². The molecule has 0 spiro atoms. The average molecular weight is 805 g/mol. The zero-order chi connectivity index (χ0) is 39.1. The number of hydrogen-bond acceptors (Lipinski definition) is 13. The van der Waals surface area contributed by atoms with E-state index in [-0.39, 0.29) is 13.2 Å². The molecule has 4 aromatic rings. The minimum Gasteiger partial charge on any atom is -0.491 e. The maximum absolute atomic E-state index is 13.5. The average Bonchev–Trinajstić information content (AvgIpc) is 3.79. The Morgan fingerprint density at radius 1 is 0.764 bits per heavy atom. The second kappa shape index (κ2) is 18.5. The first kappa shape index (κ1) is 41.0. The monoisotopic (exact) mass is 804 g/mol. The standard InChI is InChI=1S/C39H51F3N6O5S2/c1-26(2)22-51-34-11-6-5-10-31(34)47-14-12-45(13-15-47)21-32(49)36(53-38-44-28(4)25-55-38)35(33(50)23-52-37-43-27(3)24-54-37)48-18-16-46(17-19-48)30-9-7-8-29(20-30)39(40,41)42/h5-11,20,24-26,32-33,35-36,49-50H,12-19,21-23H2,1-4H3. The van der Waals surface area contributed by atoms with Gasteiger partial charge in [-0.15, -0.1) is 0 Å². The van der Waals surface area contributed by atoms with Crippen LogP contribution < -0.4 is 24.0 Å². The summed E-state index contributed by atoms with van der Waals surface area (Å²) in [5, 5.41) is 28.6. The van der Waals surface area contributed by atoms with Gasteiger partial charge >= 0.3 is 6.18 Å². The number of ether oxygens (including phenoxy) is 3. The molecule has 4 atom stereocenters. The van der Waals surface area contributed by atoms with Crippen molar-refractivity contribution in [2.24, 2.45) is 5.92 Å². The van der Waals surface area contributed by atoms with Crippen molar-refractivity contribution in [3.05, 3.63) is 76.2 Å². The fourth-order valence-electron chi connectivity index (χ4n) is 7.00. The van der Waals surface area contributed by atoms with E-state index in [0.717, 1.165) is 42.0 Å². The Bertz CT molecular complexity index is 1790. The Hall–Kier alpha value is -3.67. The molecule has 2 aromatic carbocycles. The molecular weight excluding hydrogens is 754 g/mol. The predicted molar refractivity (Wildman–Crippen MR) is 210 cm³/mol. The summed E-state index contributed by atoms with van der Waals surface area (Å²) in [5.74, 6) is 1.26. The summed E-state index contributed by atoms with van der Waals surface area (Å²) < 4.78 is 59.3. The third kappa shape index (κ3) is 11.0. The fourth-order valence-corrected chi connectivity index (χ4v) is 8.34. The molecule has 2 aliphatic rings. The Morgan fingerprint density at radius 3 is 2.05 bits per heavy atom. The number of thiazole rings is 2. The van der Waals surface area contributed by atoms with Gasteiger partial charge in [0.2, 0.25) is 0 Å². The van der Waals surface area contributed by atoms with Crippen LogP contribution in [0.15, 0.2) is 59.3 Å². The minimum atomic E-state index is -4.45. The van der Waals surface area contributed by atoms with E-state index < -0.39 is 36.1 Å². The van der Waals surface area contributed by atoms with Crippen LogP contribution in [0.5, 0.6) is 16.1 Å². The number of nitrogens with zero attached hydrogens (tertiary/aromatic N) is 6. The van der Waals surface area contributed by atoms with E-state index in [0.29, 0.717) is 67.9 Å². The first-order chi connectivity index (χ1) is 26.3. The maximum Gasteiger partial charge on any atom is 0.416 e. The van der Waals surface area contributed by atoms with Crippen molar-refractivity contribution < 1.29 is 37.6 Å². The molecule has 6 rings (SSSR count). The number of aromatic nitrogens is 2. The number of para-hydroxylation sites is 2. The van der Waals surface area contributed by atoms with Gasteiger partial charge in [-0.25, -0.2) is 9.97 Å². The van der Waals surface area contributed by atoms with Gasteiger partial charge < -0.3 is 34.2 Å². The zero-order valence-electron chi connectivity index (χ0n) is 31.7. The molecule has 4 unspecified atom stereocenters. The molecule has 0 radical (unpaired) electrons. The molecule has 2 aliphatic heterocycles. The van der Waals surface area contributed by atoms with Crippen molar-refractivity contribution in [3.8, 4) is 16.1 Å². The highest BCUT2D eigenvalue weighted by Gasteiger charge is 2.42. The van der Waals surface area contributed by atoms with E-state index in [1.165, 1.54) is 34.8 Å². The number of aryl methyl sites for hydroxylation is 2. The first-order valence-corrected chi connectivity index (χ1v) is 20.4. The van der Waals surface area contributed by atoms with Crippen molar-refractivity contribution in [1.82, 2.24) is 19.8 Å². The number of piperazine rings is 2.